The first-order valence-corrected chi connectivity index (χ1v) is 12.4. The van der Waals surface area contributed by atoms with Gasteiger partial charge in [0.2, 0.25) is 17.7 Å². The van der Waals surface area contributed by atoms with E-state index in [1.54, 1.807) is 25.3 Å². The van der Waals surface area contributed by atoms with Crippen LogP contribution in [0.15, 0.2) is 24.4 Å². The number of carbonyl (C=O) groups excluding carboxylic acids is 3. The molecule has 3 amide bonds. The maximum absolute atomic E-state index is 12.4. The highest BCUT2D eigenvalue weighted by atomic mass is 16.3. The number of hydrogen-bond acceptors (Lipinski definition) is 6. The predicted molar refractivity (Wildman–Crippen MR) is 137 cm³/mol. The zero-order valence-electron chi connectivity index (χ0n) is 20.6. The molecule has 0 saturated heterocycles. The van der Waals surface area contributed by atoms with Crippen molar-refractivity contribution in [1.29, 1.82) is 0 Å². The van der Waals surface area contributed by atoms with Gasteiger partial charge in [-0.25, -0.2) is 0 Å². The number of phenols is 1. The van der Waals surface area contributed by atoms with Crippen molar-refractivity contribution in [3.8, 4) is 5.75 Å². The van der Waals surface area contributed by atoms with E-state index in [4.69, 9.17) is 11.5 Å². The zero-order valence-corrected chi connectivity index (χ0v) is 20.6. The topological polar surface area (TPSA) is 175 Å². The van der Waals surface area contributed by atoms with Gasteiger partial charge in [-0.15, -0.1) is 0 Å². The molecule has 194 valence electrons. The SMILES string of the molecule is C[C@H](NC(=O)Cc1c[nH]c2cccc(O)c12)C(=O)NCCCCCCNC(=O)[C@@H](N)CCCCN. The molecule has 2 aromatic rings. The molecule has 0 bridgehead atoms. The van der Waals surface area contributed by atoms with Crippen LogP contribution in [0.2, 0.25) is 0 Å². The average Bonchev–Trinajstić information content (AvgIpc) is 3.24. The number of nitrogens with one attached hydrogen (secondary N) is 4. The number of rotatable bonds is 16. The highest BCUT2D eigenvalue weighted by molar-refractivity contribution is 5.94. The summed E-state index contributed by atoms with van der Waals surface area (Å²) in [6.07, 6.45) is 7.65. The van der Waals surface area contributed by atoms with Gasteiger partial charge in [0.15, 0.2) is 0 Å². The second-order valence-electron chi connectivity index (χ2n) is 8.87. The summed E-state index contributed by atoms with van der Waals surface area (Å²) >= 11 is 0. The molecule has 35 heavy (non-hydrogen) atoms. The quantitative estimate of drug-likeness (QED) is 0.174. The maximum atomic E-state index is 12.4. The largest absolute Gasteiger partial charge is 0.507 e. The van der Waals surface area contributed by atoms with Crippen molar-refractivity contribution in [3.63, 3.8) is 0 Å². The molecule has 0 spiro atoms. The molecule has 1 aromatic carbocycles. The van der Waals surface area contributed by atoms with Gasteiger partial charge in [-0.1, -0.05) is 25.3 Å². The number of aromatic hydroxyl groups is 1. The molecule has 0 fully saturated rings. The van der Waals surface area contributed by atoms with Crippen molar-refractivity contribution in [2.45, 2.75) is 70.4 Å². The molecule has 0 aliphatic rings. The molecular weight excluding hydrogens is 448 g/mol. The van der Waals surface area contributed by atoms with E-state index >= 15 is 0 Å². The van der Waals surface area contributed by atoms with Crippen molar-refractivity contribution < 1.29 is 19.5 Å². The van der Waals surface area contributed by atoms with Crippen molar-refractivity contribution in [2.75, 3.05) is 19.6 Å². The van der Waals surface area contributed by atoms with Crippen molar-refractivity contribution in [2.24, 2.45) is 11.5 Å². The van der Waals surface area contributed by atoms with Crippen LogP contribution in [0.5, 0.6) is 5.75 Å². The Bertz CT molecular complexity index is 961. The summed E-state index contributed by atoms with van der Waals surface area (Å²) in [5, 5.41) is 19.1. The fourth-order valence-electron chi connectivity index (χ4n) is 3.86. The third-order valence-corrected chi connectivity index (χ3v) is 5.90. The number of phenolic OH excluding ortho intramolecular Hbond substituents is 1. The Morgan fingerprint density at radius 3 is 2.37 bits per heavy atom. The van der Waals surface area contributed by atoms with Crippen LogP contribution in [0, 0.1) is 0 Å². The molecule has 10 heteroatoms. The van der Waals surface area contributed by atoms with Gasteiger partial charge in [-0.3, -0.25) is 14.4 Å². The van der Waals surface area contributed by atoms with Gasteiger partial charge in [0.05, 0.1) is 12.5 Å². The Labute approximate surface area is 206 Å². The summed E-state index contributed by atoms with van der Waals surface area (Å²) in [6.45, 7) is 3.37. The van der Waals surface area contributed by atoms with E-state index in [1.165, 1.54) is 0 Å². The third-order valence-electron chi connectivity index (χ3n) is 5.90. The van der Waals surface area contributed by atoms with E-state index in [2.05, 4.69) is 20.9 Å². The number of fused-ring (bicyclic) bond motifs is 1. The number of aromatic nitrogens is 1. The summed E-state index contributed by atoms with van der Waals surface area (Å²) in [7, 11) is 0. The van der Waals surface area contributed by atoms with Crippen LogP contribution in [0.25, 0.3) is 10.9 Å². The van der Waals surface area contributed by atoms with E-state index in [0.29, 0.717) is 37.0 Å². The van der Waals surface area contributed by atoms with Gasteiger partial charge in [-0.2, -0.15) is 0 Å². The van der Waals surface area contributed by atoms with Crippen molar-refractivity contribution in [3.05, 3.63) is 30.0 Å². The Kier molecular flexibility index (Phi) is 12.1. The average molecular weight is 489 g/mol. The number of carbonyl (C=O) groups is 3. The minimum atomic E-state index is -0.662. The van der Waals surface area contributed by atoms with Gasteiger partial charge in [0, 0.05) is 30.2 Å². The van der Waals surface area contributed by atoms with E-state index in [0.717, 1.165) is 44.0 Å². The van der Waals surface area contributed by atoms with E-state index < -0.39 is 12.1 Å². The maximum Gasteiger partial charge on any atom is 0.242 e. The molecule has 1 aromatic heterocycles. The number of benzene rings is 1. The molecule has 0 unspecified atom stereocenters. The summed E-state index contributed by atoms with van der Waals surface area (Å²) in [6, 6.07) is 3.99. The molecule has 10 nitrogen and oxygen atoms in total. The van der Waals surface area contributed by atoms with E-state index in [9.17, 15) is 19.5 Å². The summed E-state index contributed by atoms with van der Waals surface area (Å²) < 4.78 is 0. The highest BCUT2D eigenvalue weighted by Crippen LogP contribution is 2.27. The standard InChI is InChI=1S/C25H40N6O4/c1-17(31-22(33)15-18-16-30-20-10-8-11-21(32)23(18)20)24(34)28-13-6-2-3-7-14-29-25(35)19(27)9-4-5-12-26/h8,10-11,16-17,19,30,32H,2-7,9,12-15,26-27H2,1H3,(H,28,34)(H,29,35)(H,31,33)/t17-,19-/m0/s1. The Hall–Kier alpha value is -3.11. The van der Waals surface area contributed by atoms with Crippen LogP contribution >= 0.6 is 0 Å². The number of H-pyrrole nitrogens is 1. The Morgan fingerprint density at radius 1 is 1.00 bits per heavy atom. The van der Waals surface area contributed by atoms with Crippen LogP contribution < -0.4 is 27.4 Å². The first-order chi connectivity index (χ1) is 16.8. The lowest BCUT2D eigenvalue weighted by Crippen LogP contribution is -2.45. The third kappa shape index (κ3) is 9.58. The highest BCUT2D eigenvalue weighted by Gasteiger charge is 2.17. The zero-order chi connectivity index (χ0) is 25.6. The van der Waals surface area contributed by atoms with Gasteiger partial charge in [0.1, 0.15) is 11.8 Å². The Balaban J connectivity index is 1.55. The summed E-state index contributed by atoms with van der Waals surface area (Å²) in [5.74, 6) is -0.539. The molecule has 2 atom stereocenters. The fraction of sp³-hybridized carbons (Fsp3) is 0.560. The molecule has 1 heterocycles. The lowest BCUT2D eigenvalue weighted by Gasteiger charge is -2.14. The van der Waals surface area contributed by atoms with E-state index in [-0.39, 0.29) is 29.9 Å². The second-order valence-corrected chi connectivity index (χ2v) is 8.87. The predicted octanol–water partition coefficient (Wildman–Crippen LogP) is 1.17. The first kappa shape index (κ1) is 28.1. The fourth-order valence-corrected chi connectivity index (χ4v) is 3.86. The molecule has 0 radical (unpaired) electrons. The molecule has 0 aliphatic heterocycles. The number of hydrogen-bond donors (Lipinski definition) is 7. The van der Waals surface area contributed by atoms with Crippen molar-refractivity contribution >= 4 is 28.6 Å². The molecule has 0 saturated carbocycles. The molecule has 9 N–H and O–H groups in total. The number of aromatic amines is 1. The minimum absolute atomic E-state index is 0.0599. The van der Waals surface area contributed by atoms with Crippen LogP contribution in [0.4, 0.5) is 0 Å². The van der Waals surface area contributed by atoms with Gasteiger partial charge < -0.3 is 37.5 Å². The van der Waals surface area contributed by atoms with Crippen LogP contribution in [0.3, 0.4) is 0 Å². The minimum Gasteiger partial charge on any atom is -0.507 e. The Morgan fingerprint density at radius 2 is 1.69 bits per heavy atom. The van der Waals surface area contributed by atoms with Crippen LogP contribution in [-0.2, 0) is 20.8 Å². The van der Waals surface area contributed by atoms with E-state index in [1.807, 2.05) is 6.07 Å². The lowest BCUT2D eigenvalue weighted by atomic mass is 10.1. The van der Waals surface area contributed by atoms with Gasteiger partial charge in [-0.05, 0) is 56.8 Å². The first-order valence-electron chi connectivity index (χ1n) is 12.4. The van der Waals surface area contributed by atoms with Gasteiger partial charge in [0.25, 0.3) is 0 Å². The molecular formula is C25H40N6O4. The number of nitrogens with two attached hydrogens (primary N) is 2. The van der Waals surface area contributed by atoms with Crippen LogP contribution in [-0.4, -0.2) is 59.5 Å². The second kappa shape index (κ2) is 15.0. The normalized spacial score (nSPS) is 12.8. The molecule has 2 rings (SSSR count). The number of amides is 3. The van der Waals surface area contributed by atoms with Crippen molar-refractivity contribution in [1.82, 2.24) is 20.9 Å². The monoisotopic (exact) mass is 488 g/mol. The van der Waals surface area contributed by atoms with Crippen LogP contribution in [0.1, 0.15) is 57.4 Å². The summed E-state index contributed by atoms with van der Waals surface area (Å²) in [4.78, 5) is 39.6. The number of unbranched alkanes of at least 4 members (excludes halogenated alkanes) is 4. The smallest absolute Gasteiger partial charge is 0.242 e. The summed E-state index contributed by atoms with van der Waals surface area (Å²) in [5.41, 5.74) is 12.7. The lowest BCUT2D eigenvalue weighted by molar-refractivity contribution is -0.128. The van der Waals surface area contributed by atoms with Gasteiger partial charge >= 0.3 is 0 Å². The molecule has 0 aliphatic carbocycles.